The van der Waals surface area contributed by atoms with E-state index >= 15 is 0 Å². The Bertz CT molecular complexity index is 853. The van der Waals surface area contributed by atoms with Crippen LogP contribution in [0.15, 0.2) is 42.5 Å². The molecule has 0 spiro atoms. The summed E-state index contributed by atoms with van der Waals surface area (Å²) in [6.45, 7) is 0.487. The molecule has 2 aromatic carbocycles. The van der Waals surface area contributed by atoms with E-state index in [-0.39, 0.29) is 30.0 Å². The molecule has 28 heavy (non-hydrogen) atoms. The molecular weight excluding hydrogens is 373 g/mol. The average Bonchev–Trinajstić information content (AvgIpc) is 2.75. The molecule has 3 rings (SSSR count). The smallest absolute Gasteiger partial charge is 0.416 e. The number of halogens is 3. The molecule has 2 aromatic rings. The van der Waals surface area contributed by atoms with E-state index in [9.17, 15) is 28.2 Å². The molecule has 0 bridgehead atoms. The van der Waals surface area contributed by atoms with Crippen molar-refractivity contribution in [2.24, 2.45) is 0 Å². The van der Waals surface area contributed by atoms with Crippen LogP contribution in [-0.2, 0) is 17.4 Å². The predicted molar refractivity (Wildman–Crippen MR) is 98.3 cm³/mol. The molecule has 3 N–H and O–H groups in total. The third-order valence-corrected chi connectivity index (χ3v) is 4.98. The summed E-state index contributed by atoms with van der Waals surface area (Å²) < 4.78 is 41.0. The molecule has 8 heteroatoms. The number of phenols is 1. The van der Waals surface area contributed by atoms with E-state index in [1.165, 1.54) is 41.3 Å². The number of hydrogen-bond acceptors (Lipinski definition) is 4. The van der Waals surface area contributed by atoms with Crippen molar-refractivity contribution in [3.05, 3.63) is 59.2 Å². The van der Waals surface area contributed by atoms with Crippen molar-refractivity contribution in [3.63, 3.8) is 0 Å². The van der Waals surface area contributed by atoms with Crippen LogP contribution in [0.5, 0.6) is 5.75 Å². The highest BCUT2D eigenvalue weighted by Gasteiger charge is 2.41. The van der Waals surface area contributed by atoms with Gasteiger partial charge in [-0.15, -0.1) is 0 Å². The maximum absolute atomic E-state index is 13.7. The van der Waals surface area contributed by atoms with E-state index in [0.717, 1.165) is 6.07 Å². The van der Waals surface area contributed by atoms with Gasteiger partial charge < -0.3 is 20.4 Å². The second-order valence-electron chi connectivity index (χ2n) is 6.74. The Kier molecular flexibility index (Phi) is 5.62. The maximum Gasteiger partial charge on any atom is 0.416 e. The summed E-state index contributed by atoms with van der Waals surface area (Å²) in [5, 5.41) is 23.1. The van der Waals surface area contributed by atoms with Gasteiger partial charge in [-0.1, -0.05) is 18.2 Å². The summed E-state index contributed by atoms with van der Waals surface area (Å²) in [5.74, 6) is -1.52. The minimum absolute atomic E-state index is 0.00906. The number of aliphatic hydroxyl groups excluding tert-OH is 1. The first-order chi connectivity index (χ1) is 13.2. The Hall–Kier alpha value is -2.58. The monoisotopic (exact) mass is 394 g/mol. The van der Waals surface area contributed by atoms with Gasteiger partial charge in [-0.05, 0) is 48.9 Å². The summed E-state index contributed by atoms with van der Waals surface area (Å²) >= 11 is 0. The van der Waals surface area contributed by atoms with E-state index in [1.807, 2.05) is 0 Å². The number of aromatic hydroxyl groups is 1. The number of nitrogens with zero attached hydrogens (tertiary/aromatic N) is 1. The number of alkyl halides is 3. The molecular formula is C20H21F3N2O3. The lowest BCUT2D eigenvalue weighted by Crippen LogP contribution is -2.43. The highest BCUT2D eigenvalue weighted by Crippen LogP contribution is 2.42. The molecule has 150 valence electrons. The third-order valence-electron chi connectivity index (χ3n) is 4.98. The van der Waals surface area contributed by atoms with Crippen molar-refractivity contribution in [3.8, 4) is 5.75 Å². The van der Waals surface area contributed by atoms with Gasteiger partial charge >= 0.3 is 6.18 Å². The van der Waals surface area contributed by atoms with Gasteiger partial charge in [-0.25, -0.2) is 0 Å². The van der Waals surface area contributed by atoms with Crippen LogP contribution in [0.3, 0.4) is 0 Å². The summed E-state index contributed by atoms with van der Waals surface area (Å²) in [6.07, 6.45) is -6.24. The number of nitrogens with one attached hydrogen (secondary N) is 1. The van der Waals surface area contributed by atoms with Crippen LogP contribution in [0.1, 0.15) is 22.6 Å². The molecule has 0 saturated heterocycles. The number of carbonyl (C=O) groups excluding carboxylic acids is 1. The van der Waals surface area contributed by atoms with Crippen LogP contribution in [0, 0.1) is 0 Å². The zero-order valence-electron chi connectivity index (χ0n) is 15.2. The van der Waals surface area contributed by atoms with Crippen molar-refractivity contribution < 1.29 is 28.2 Å². The molecule has 0 aliphatic carbocycles. The number of benzene rings is 2. The Labute approximate surface area is 160 Å². The Morgan fingerprint density at radius 1 is 1.18 bits per heavy atom. The van der Waals surface area contributed by atoms with Crippen LogP contribution >= 0.6 is 0 Å². The first-order valence-electron chi connectivity index (χ1n) is 8.86. The van der Waals surface area contributed by atoms with Gasteiger partial charge in [0.1, 0.15) is 11.9 Å². The molecule has 0 unspecified atom stereocenters. The van der Waals surface area contributed by atoms with Crippen molar-refractivity contribution in [1.82, 2.24) is 5.32 Å². The zero-order chi connectivity index (χ0) is 20.5. The Morgan fingerprint density at radius 2 is 1.86 bits per heavy atom. The molecule has 1 aliphatic heterocycles. The number of aliphatic hydroxyl groups is 1. The largest absolute Gasteiger partial charge is 0.508 e. The lowest BCUT2D eigenvalue weighted by atomic mass is 9.86. The molecule has 0 radical (unpaired) electrons. The number of carbonyl (C=O) groups is 1. The second-order valence-corrected chi connectivity index (χ2v) is 6.74. The highest BCUT2D eigenvalue weighted by atomic mass is 19.4. The van der Waals surface area contributed by atoms with Crippen molar-refractivity contribution in [2.45, 2.75) is 24.6 Å². The number of fused-ring (bicyclic) bond motifs is 1. The van der Waals surface area contributed by atoms with E-state index in [1.54, 1.807) is 7.05 Å². The van der Waals surface area contributed by atoms with Crippen LogP contribution in [-0.4, -0.2) is 42.4 Å². The molecule has 5 nitrogen and oxygen atoms in total. The maximum atomic E-state index is 13.7. The van der Waals surface area contributed by atoms with Crippen molar-refractivity contribution >= 4 is 11.6 Å². The SMILES string of the molecule is CNCCN1C(=O)[C@H](O)[C@H](c2ccc(O)cc2)Cc2c1cccc2C(F)(F)F. The fraction of sp³-hybridized carbons (Fsp3) is 0.350. The van der Waals surface area contributed by atoms with Gasteiger partial charge in [-0.2, -0.15) is 13.2 Å². The summed E-state index contributed by atoms with van der Waals surface area (Å²) in [7, 11) is 1.67. The summed E-state index contributed by atoms with van der Waals surface area (Å²) in [4.78, 5) is 14.2. The van der Waals surface area contributed by atoms with Gasteiger partial charge in [0.2, 0.25) is 0 Å². The van der Waals surface area contributed by atoms with Crippen molar-refractivity contribution in [1.29, 1.82) is 0 Å². The van der Waals surface area contributed by atoms with Crippen LogP contribution < -0.4 is 10.2 Å². The third kappa shape index (κ3) is 3.83. The molecule has 1 amide bonds. The average molecular weight is 394 g/mol. The Balaban J connectivity index is 2.16. The predicted octanol–water partition coefficient (Wildman–Crippen LogP) is 2.66. The quantitative estimate of drug-likeness (QED) is 0.746. The van der Waals surface area contributed by atoms with E-state index in [0.29, 0.717) is 12.1 Å². The molecule has 0 saturated carbocycles. The topological polar surface area (TPSA) is 72.8 Å². The molecule has 0 fully saturated rings. The lowest BCUT2D eigenvalue weighted by molar-refractivity contribution is -0.138. The van der Waals surface area contributed by atoms with E-state index < -0.39 is 29.7 Å². The zero-order valence-corrected chi connectivity index (χ0v) is 15.2. The molecule has 2 atom stereocenters. The number of rotatable bonds is 4. The summed E-state index contributed by atoms with van der Waals surface area (Å²) in [6, 6.07) is 9.52. The van der Waals surface area contributed by atoms with Gasteiger partial charge in [0.05, 0.1) is 5.56 Å². The van der Waals surface area contributed by atoms with Gasteiger partial charge in [0, 0.05) is 24.7 Å². The van der Waals surface area contributed by atoms with Gasteiger partial charge in [0.15, 0.2) is 0 Å². The van der Waals surface area contributed by atoms with Crippen molar-refractivity contribution in [2.75, 3.05) is 25.0 Å². The standard InChI is InChI=1S/C20H21F3N2O3/c1-24-9-10-25-17-4-2-3-16(20(21,22)23)15(17)11-14(18(27)19(25)28)12-5-7-13(26)8-6-12/h2-8,14,18,24,26-27H,9-11H2,1H3/t14-,18+/m0/s1. The first kappa shape index (κ1) is 20.2. The number of amides is 1. The number of anilines is 1. The second kappa shape index (κ2) is 7.81. The van der Waals surface area contributed by atoms with E-state index in [4.69, 9.17) is 0 Å². The van der Waals surface area contributed by atoms with Gasteiger partial charge in [0.25, 0.3) is 5.91 Å². The lowest BCUT2D eigenvalue weighted by Gasteiger charge is -2.26. The van der Waals surface area contributed by atoms with Crippen LogP contribution in [0.2, 0.25) is 0 Å². The molecule has 0 aromatic heterocycles. The van der Waals surface area contributed by atoms with Crippen LogP contribution in [0.4, 0.5) is 18.9 Å². The van der Waals surface area contributed by atoms with Gasteiger partial charge in [-0.3, -0.25) is 4.79 Å². The fourth-order valence-corrected chi connectivity index (χ4v) is 3.57. The number of hydrogen-bond donors (Lipinski definition) is 3. The minimum atomic E-state index is -4.59. The fourth-order valence-electron chi connectivity index (χ4n) is 3.57. The number of phenolic OH excluding ortho intramolecular Hbond substituents is 1. The van der Waals surface area contributed by atoms with Crippen LogP contribution in [0.25, 0.3) is 0 Å². The number of likely N-dealkylation sites (N-methyl/N-ethyl adjacent to an activating group) is 1. The normalized spacial score (nSPS) is 20.0. The Morgan fingerprint density at radius 3 is 2.46 bits per heavy atom. The minimum Gasteiger partial charge on any atom is -0.508 e. The molecule has 1 aliphatic rings. The van der Waals surface area contributed by atoms with E-state index in [2.05, 4.69) is 5.32 Å². The highest BCUT2D eigenvalue weighted by molar-refractivity contribution is 5.99. The molecule has 1 heterocycles. The first-order valence-corrected chi connectivity index (χ1v) is 8.86. The summed E-state index contributed by atoms with van der Waals surface area (Å²) in [5.41, 5.74) is -0.188.